The SMILES string of the molecule is CCOc1cccc([C@@H]2C(=C(O)c3ccc4c(c3)C[C@H](C)O4)C(=O)C(=O)N2c2nnc(SCc3ccc(C)cc3)s2)c1. The minimum Gasteiger partial charge on any atom is -0.507 e. The van der Waals surface area contributed by atoms with Crippen LogP contribution in [0, 0.1) is 6.92 Å². The number of hydrogen-bond donors (Lipinski definition) is 1. The van der Waals surface area contributed by atoms with E-state index in [0.717, 1.165) is 16.9 Å². The highest BCUT2D eigenvalue weighted by molar-refractivity contribution is 8.00. The molecule has 0 saturated carbocycles. The third-order valence-electron chi connectivity index (χ3n) is 7.18. The number of ether oxygens (including phenoxy) is 2. The van der Waals surface area contributed by atoms with Crippen LogP contribution in [0.3, 0.4) is 0 Å². The molecule has 1 amide bonds. The number of rotatable bonds is 8. The number of carbonyl (C=O) groups excluding carboxylic acids is 2. The summed E-state index contributed by atoms with van der Waals surface area (Å²) in [6, 6.07) is 19.9. The minimum absolute atomic E-state index is 0.00961. The summed E-state index contributed by atoms with van der Waals surface area (Å²) < 4.78 is 12.2. The number of fused-ring (bicyclic) bond motifs is 1. The molecule has 1 aromatic heterocycles. The fourth-order valence-electron chi connectivity index (χ4n) is 5.20. The van der Waals surface area contributed by atoms with Crippen molar-refractivity contribution in [2.75, 3.05) is 11.5 Å². The van der Waals surface area contributed by atoms with Gasteiger partial charge in [-0.1, -0.05) is 65.1 Å². The van der Waals surface area contributed by atoms with Gasteiger partial charge in [0, 0.05) is 17.7 Å². The lowest BCUT2D eigenvalue weighted by Gasteiger charge is -2.23. The van der Waals surface area contributed by atoms with Gasteiger partial charge < -0.3 is 14.6 Å². The lowest BCUT2D eigenvalue weighted by molar-refractivity contribution is -0.132. The van der Waals surface area contributed by atoms with Crippen molar-refractivity contribution >= 4 is 45.7 Å². The first kappa shape index (κ1) is 28.0. The average molecular weight is 600 g/mol. The highest BCUT2D eigenvalue weighted by Crippen LogP contribution is 2.45. The number of ketones is 1. The molecular formula is C32H29N3O5S2. The molecule has 0 aliphatic carbocycles. The molecular weight excluding hydrogens is 571 g/mol. The van der Waals surface area contributed by atoms with Crippen molar-refractivity contribution in [2.45, 2.75) is 49.4 Å². The predicted octanol–water partition coefficient (Wildman–Crippen LogP) is 6.49. The van der Waals surface area contributed by atoms with E-state index in [9.17, 15) is 14.7 Å². The molecule has 3 aromatic carbocycles. The van der Waals surface area contributed by atoms with Gasteiger partial charge in [-0.15, -0.1) is 10.2 Å². The number of aromatic nitrogens is 2. The Hall–Kier alpha value is -4.15. The molecule has 1 fully saturated rings. The average Bonchev–Trinajstić information content (AvgIpc) is 3.67. The van der Waals surface area contributed by atoms with Gasteiger partial charge in [-0.2, -0.15) is 0 Å². The van der Waals surface area contributed by atoms with Gasteiger partial charge in [0.25, 0.3) is 5.78 Å². The number of aliphatic hydroxyl groups excluding tert-OH is 1. The summed E-state index contributed by atoms with van der Waals surface area (Å²) >= 11 is 2.75. The second-order valence-corrected chi connectivity index (χ2v) is 12.4. The number of aliphatic hydroxyl groups is 1. The Labute approximate surface area is 252 Å². The van der Waals surface area contributed by atoms with E-state index in [-0.39, 0.29) is 22.6 Å². The molecule has 214 valence electrons. The minimum atomic E-state index is -0.920. The maximum atomic E-state index is 13.6. The number of thioether (sulfide) groups is 1. The zero-order valence-corrected chi connectivity index (χ0v) is 25.0. The maximum absolute atomic E-state index is 13.6. The lowest BCUT2D eigenvalue weighted by atomic mass is 9.94. The molecule has 2 aliphatic heterocycles. The largest absolute Gasteiger partial charge is 0.507 e. The molecule has 0 bridgehead atoms. The van der Waals surface area contributed by atoms with Crippen molar-refractivity contribution in [3.05, 3.63) is 100 Å². The van der Waals surface area contributed by atoms with Crippen molar-refractivity contribution in [2.24, 2.45) is 0 Å². The second-order valence-electron chi connectivity index (χ2n) is 10.3. The van der Waals surface area contributed by atoms with Gasteiger partial charge in [0.05, 0.1) is 18.2 Å². The Bertz CT molecular complexity index is 1700. The Morgan fingerprint density at radius 1 is 1.12 bits per heavy atom. The van der Waals surface area contributed by atoms with Crippen molar-refractivity contribution in [1.82, 2.24) is 10.2 Å². The van der Waals surface area contributed by atoms with E-state index in [1.807, 2.05) is 39.0 Å². The summed E-state index contributed by atoms with van der Waals surface area (Å²) in [5, 5.41) is 20.5. The van der Waals surface area contributed by atoms with Gasteiger partial charge in [-0.05, 0) is 67.8 Å². The van der Waals surface area contributed by atoms with E-state index in [1.165, 1.54) is 33.6 Å². The van der Waals surface area contributed by atoms with Crippen LogP contribution in [0.15, 0.2) is 76.6 Å². The molecule has 42 heavy (non-hydrogen) atoms. The number of hydrogen-bond acceptors (Lipinski definition) is 9. The van der Waals surface area contributed by atoms with Crippen LogP contribution in [-0.2, 0) is 21.8 Å². The highest BCUT2D eigenvalue weighted by Gasteiger charge is 2.48. The molecule has 6 rings (SSSR count). The first-order chi connectivity index (χ1) is 20.3. The van der Waals surface area contributed by atoms with Gasteiger partial charge in [0.1, 0.15) is 23.4 Å². The monoisotopic (exact) mass is 599 g/mol. The number of anilines is 1. The summed E-state index contributed by atoms with van der Waals surface area (Å²) in [4.78, 5) is 28.6. The highest BCUT2D eigenvalue weighted by atomic mass is 32.2. The van der Waals surface area contributed by atoms with Crippen LogP contribution in [0.2, 0.25) is 0 Å². The van der Waals surface area contributed by atoms with E-state index in [4.69, 9.17) is 9.47 Å². The smallest absolute Gasteiger partial charge is 0.301 e. The molecule has 1 N–H and O–H groups in total. The van der Waals surface area contributed by atoms with E-state index in [1.54, 1.807) is 24.3 Å². The van der Waals surface area contributed by atoms with Gasteiger partial charge in [0.2, 0.25) is 5.13 Å². The molecule has 0 unspecified atom stereocenters. The van der Waals surface area contributed by atoms with Crippen LogP contribution in [0.5, 0.6) is 11.5 Å². The number of carbonyl (C=O) groups is 2. The Balaban J connectivity index is 1.39. The van der Waals surface area contributed by atoms with Crippen LogP contribution in [-0.4, -0.2) is 39.7 Å². The van der Waals surface area contributed by atoms with Crippen LogP contribution in [0.4, 0.5) is 5.13 Å². The zero-order chi connectivity index (χ0) is 29.4. The van der Waals surface area contributed by atoms with E-state index >= 15 is 0 Å². The van der Waals surface area contributed by atoms with Crippen LogP contribution < -0.4 is 14.4 Å². The molecule has 1 saturated heterocycles. The zero-order valence-electron chi connectivity index (χ0n) is 23.4. The van der Waals surface area contributed by atoms with Gasteiger partial charge in [0.15, 0.2) is 4.34 Å². The molecule has 10 heteroatoms. The maximum Gasteiger partial charge on any atom is 0.301 e. The summed E-state index contributed by atoms with van der Waals surface area (Å²) in [5.74, 6) is 0.236. The summed E-state index contributed by atoms with van der Waals surface area (Å²) in [6.45, 7) is 6.36. The molecule has 4 aromatic rings. The molecule has 0 spiro atoms. The summed E-state index contributed by atoms with van der Waals surface area (Å²) in [7, 11) is 0. The molecule has 8 nitrogen and oxygen atoms in total. The van der Waals surface area contributed by atoms with Crippen molar-refractivity contribution in [3.63, 3.8) is 0 Å². The first-order valence-corrected chi connectivity index (χ1v) is 15.5. The fourth-order valence-corrected chi connectivity index (χ4v) is 7.02. The molecule has 3 heterocycles. The van der Waals surface area contributed by atoms with Crippen LogP contribution in [0.25, 0.3) is 5.76 Å². The number of benzene rings is 3. The van der Waals surface area contributed by atoms with Gasteiger partial charge in [-0.25, -0.2) is 0 Å². The van der Waals surface area contributed by atoms with Crippen molar-refractivity contribution < 1.29 is 24.2 Å². The standard InChI is InChI=1S/C32H29N3O5S2/c1-4-39-24-7-5-6-21(16-24)27-26(28(36)22-12-13-25-23(15-22)14-19(3)40-25)29(37)30(38)35(27)31-33-34-32(42-31)41-17-20-10-8-18(2)9-11-20/h5-13,15-16,19,27,36H,4,14,17H2,1-3H3/t19-,27+/m0/s1. The third kappa shape index (κ3) is 5.39. The number of Topliss-reactive ketones (excluding diaryl/α,β-unsaturated/α-hetero) is 1. The first-order valence-electron chi connectivity index (χ1n) is 13.7. The number of amides is 1. The predicted molar refractivity (Wildman–Crippen MR) is 163 cm³/mol. The second kappa shape index (κ2) is 11.6. The Morgan fingerprint density at radius 2 is 1.93 bits per heavy atom. The summed E-state index contributed by atoms with van der Waals surface area (Å²) in [6.07, 6.45) is 0.720. The Morgan fingerprint density at radius 3 is 2.71 bits per heavy atom. The van der Waals surface area contributed by atoms with Gasteiger partial charge >= 0.3 is 5.91 Å². The van der Waals surface area contributed by atoms with Crippen LogP contribution >= 0.6 is 23.1 Å². The third-order valence-corrected chi connectivity index (χ3v) is 9.31. The van der Waals surface area contributed by atoms with Crippen molar-refractivity contribution in [3.8, 4) is 11.5 Å². The lowest BCUT2D eigenvalue weighted by Crippen LogP contribution is -2.29. The fraction of sp³-hybridized carbons (Fsp3) is 0.250. The summed E-state index contributed by atoms with van der Waals surface area (Å²) in [5.41, 5.74) is 4.32. The number of nitrogens with zero attached hydrogens (tertiary/aromatic N) is 3. The molecule has 2 aliphatic rings. The molecule has 0 radical (unpaired) electrons. The van der Waals surface area contributed by atoms with E-state index < -0.39 is 17.7 Å². The van der Waals surface area contributed by atoms with E-state index in [2.05, 4.69) is 34.5 Å². The van der Waals surface area contributed by atoms with Crippen molar-refractivity contribution in [1.29, 1.82) is 0 Å². The quantitative estimate of drug-likeness (QED) is 0.0807. The van der Waals surface area contributed by atoms with E-state index in [0.29, 0.717) is 40.0 Å². The topological polar surface area (TPSA) is 102 Å². The van der Waals surface area contributed by atoms with Gasteiger partial charge in [-0.3, -0.25) is 14.5 Å². The number of aryl methyl sites for hydroxylation is 1. The normalized spacial score (nSPS) is 19.2. The van der Waals surface area contributed by atoms with Crippen LogP contribution in [0.1, 0.15) is 47.7 Å². The molecule has 2 atom stereocenters. The Kier molecular flexibility index (Phi) is 7.74.